The maximum absolute atomic E-state index is 12.2. The zero-order valence-electron chi connectivity index (χ0n) is 11.1. The third-order valence-electron chi connectivity index (χ3n) is 2.65. The largest absolute Gasteiger partial charge is 0.478 e. The summed E-state index contributed by atoms with van der Waals surface area (Å²) in [6, 6.07) is 3.43. The summed E-state index contributed by atoms with van der Waals surface area (Å²) in [4.78, 5) is 10.8. The molecule has 0 aliphatic heterocycles. The fourth-order valence-electron chi connectivity index (χ4n) is 1.57. The molecule has 1 atom stereocenters. The van der Waals surface area contributed by atoms with E-state index in [-0.39, 0.29) is 27.6 Å². The Morgan fingerprint density at radius 2 is 2.15 bits per heavy atom. The summed E-state index contributed by atoms with van der Waals surface area (Å²) in [5.41, 5.74) is 0.0137. The first-order valence-corrected chi connectivity index (χ1v) is 8.13. The van der Waals surface area contributed by atoms with Gasteiger partial charge in [-0.2, -0.15) is 0 Å². The van der Waals surface area contributed by atoms with E-state index in [1.165, 1.54) is 25.3 Å². The number of carbonyl (C=O) groups is 1. The molecule has 0 aliphatic carbocycles. The van der Waals surface area contributed by atoms with Crippen molar-refractivity contribution in [1.29, 1.82) is 0 Å². The molecule has 112 valence electrons. The van der Waals surface area contributed by atoms with Crippen molar-refractivity contribution in [2.75, 3.05) is 13.7 Å². The van der Waals surface area contributed by atoms with E-state index in [2.05, 4.69) is 20.7 Å². The summed E-state index contributed by atoms with van der Waals surface area (Å²) in [6.45, 7) is 2.11. The van der Waals surface area contributed by atoms with Crippen LogP contribution in [0.2, 0.25) is 0 Å². The van der Waals surface area contributed by atoms with Crippen molar-refractivity contribution in [3.8, 4) is 0 Å². The highest BCUT2D eigenvalue weighted by atomic mass is 79.9. The molecule has 0 bridgehead atoms. The molecule has 6 nitrogen and oxygen atoms in total. The van der Waals surface area contributed by atoms with Crippen LogP contribution in [-0.4, -0.2) is 39.3 Å². The molecule has 20 heavy (non-hydrogen) atoms. The molecule has 0 fully saturated rings. The van der Waals surface area contributed by atoms with Crippen molar-refractivity contribution in [2.24, 2.45) is 0 Å². The number of rotatable bonds is 7. The first-order chi connectivity index (χ1) is 9.31. The topological polar surface area (TPSA) is 92.7 Å². The minimum absolute atomic E-state index is 0.00273. The Morgan fingerprint density at radius 3 is 2.60 bits per heavy atom. The summed E-state index contributed by atoms with van der Waals surface area (Å²) in [5, 5.41) is 8.85. The monoisotopic (exact) mass is 365 g/mol. The highest BCUT2D eigenvalue weighted by Crippen LogP contribution is 2.23. The van der Waals surface area contributed by atoms with E-state index in [1.807, 2.05) is 6.92 Å². The number of benzene rings is 1. The van der Waals surface area contributed by atoms with Gasteiger partial charge in [0.2, 0.25) is 10.0 Å². The number of methoxy groups -OCH3 is 1. The number of hydrogen-bond acceptors (Lipinski definition) is 4. The van der Waals surface area contributed by atoms with Crippen molar-refractivity contribution in [3.63, 3.8) is 0 Å². The number of hydrogen-bond donors (Lipinski definition) is 2. The lowest BCUT2D eigenvalue weighted by Crippen LogP contribution is -2.37. The van der Waals surface area contributed by atoms with E-state index in [0.29, 0.717) is 6.42 Å². The Labute approximate surface area is 126 Å². The van der Waals surface area contributed by atoms with Crippen LogP contribution in [0.25, 0.3) is 0 Å². The number of ether oxygens (including phenoxy) is 1. The molecule has 1 rings (SSSR count). The normalized spacial score (nSPS) is 13.2. The van der Waals surface area contributed by atoms with E-state index in [4.69, 9.17) is 9.84 Å². The molecular formula is C12H16BrNO5S. The summed E-state index contributed by atoms with van der Waals surface area (Å²) < 4.78 is 32.1. The zero-order chi connectivity index (χ0) is 15.3. The average Bonchev–Trinajstić information content (AvgIpc) is 2.37. The van der Waals surface area contributed by atoms with Gasteiger partial charge in [0.1, 0.15) is 0 Å². The van der Waals surface area contributed by atoms with Gasteiger partial charge in [0.25, 0.3) is 0 Å². The fraction of sp³-hybridized carbons (Fsp3) is 0.417. The van der Waals surface area contributed by atoms with Crippen LogP contribution in [-0.2, 0) is 14.8 Å². The molecule has 1 aromatic rings. The Hall–Kier alpha value is -0.960. The van der Waals surface area contributed by atoms with Gasteiger partial charge >= 0.3 is 5.97 Å². The Balaban J connectivity index is 3.06. The van der Waals surface area contributed by atoms with Gasteiger partial charge in [0.05, 0.1) is 17.1 Å². The number of nitrogens with one attached hydrogen (secondary N) is 1. The van der Waals surface area contributed by atoms with Crippen molar-refractivity contribution in [1.82, 2.24) is 4.72 Å². The first-order valence-electron chi connectivity index (χ1n) is 5.86. The molecule has 1 aromatic carbocycles. The summed E-state index contributed by atoms with van der Waals surface area (Å²) in [7, 11) is -2.24. The van der Waals surface area contributed by atoms with Gasteiger partial charge in [-0.3, -0.25) is 0 Å². The van der Waals surface area contributed by atoms with Gasteiger partial charge in [-0.15, -0.1) is 0 Å². The van der Waals surface area contributed by atoms with Gasteiger partial charge in [-0.1, -0.05) is 6.92 Å². The van der Waals surface area contributed by atoms with Crippen LogP contribution in [0.15, 0.2) is 27.6 Å². The third kappa shape index (κ3) is 4.27. The number of carboxylic acid groups (broad SMARTS) is 1. The summed E-state index contributed by atoms with van der Waals surface area (Å²) >= 11 is 3.09. The molecule has 0 heterocycles. The lowest BCUT2D eigenvalue weighted by Gasteiger charge is -2.16. The maximum atomic E-state index is 12.2. The van der Waals surface area contributed by atoms with Gasteiger partial charge in [0, 0.05) is 17.6 Å². The predicted molar refractivity (Wildman–Crippen MR) is 77.4 cm³/mol. The van der Waals surface area contributed by atoms with Crippen LogP contribution in [0.5, 0.6) is 0 Å². The van der Waals surface area contributed by atoms with Gasteiger partial charge in [0.15, 0.2) is 0 Å². The summed E-state index contributed by atoms with van der Waals surface area (Å²) in [5.74, 6) is -1.12. The second kappa shape index (κ2) is 7.16. The smallest absolute Gasteiger partial charge is 0.335 e. The molecule has 0 saturated carbocycles. The highest BCUT2D eigenvalue weighted by Gasteiger charge is 2.22. The highest BCUT2D eigenvalue weighted by molar-refractivity contribution is 9.10. The van der Waals surface area contributed by atoms with E-state index in [1.54, 1.807) is 0 Å². The van der Waals surface area contributed by atoms with Crippen molar-refractivity contribution in [3.05, 3.63) is 28.2 Å². The first kappa shape index (κ1) is 17.1. The fourth-order valence-corrected chi connectivity index (χ4v) is 3.95. The van der Waals surface area contributed by atoms with Crippen LogP contribution in [0.1, 0.15) is 23.7 Å². The molecule has 0 saturated heterocycles. The second-order valence-corrected chi connectivity index (χ2v) is 6.67. The molecule has 0 amide bonds. The van der Waals surface area contributed by atoms with Gasteiger partial charge < -0.3 is 9.84 Å². The lowest BCUT2D eigenvalue weighted by molar-refractivity contribution is 0.0696. The summed E-state index contributed by atoms with van der Waals surface area (Å²) in [6.07, 6.45) is 0.581. The number of halogens is 1. The zero-order valence-corrected chi connectivity index (χ0v) is 13.5. The maximum Gasteiger partial charge on any atom is 0.335 e. The Bertz CT molecular complexity index is 588. The van der Waals surface area contributed by atoms with Crippen LogP contribution in [0.3, 0.4) is 0 Å². The van der Waals surface area contributed by atoms with E-state index in [0.717, 1.165) is 0 Å². The van der Waals surface area contributed by atoms with Crippen molar-refractivity contribution >= 4 is 31.9 Å². The van der Waals surface area contributed by atoms with Crippen LogP contribution in [0, 0.1) is 0 Å². The van der Waals surface area contributed by atoms with Crippen LogP contribution in [0.4, 0.5) is 0 Å². The van der Waals surface area contributed by atoms with Crippen molar-refractivity contribution < 1.29 is 23.1 Å². The number of aromatic carboxylic acids is 1. The molecule has 0 spiro atoms. The van der Waals surface area contributed by atoms with Gasteiger partial charge in [-0.25, -0.2) is 17.9 Å². The van der Waals surface area contributed by atoms with E-state index in [9.17, 15) is 13.2 Å². The van der Waals surface area contributed by atoms with Crippen LogP contribution < -0.4 is 4.72 Å². The molecule has 0 radical (unpaired) electrons. The molecule has 1 unspecified atom stereocenters. The van der Waals surface area contributed by atoms with Crippen molar-refractivity contribution in [2.45, 2.75) is 24.3 Å². The minimum atomic E-state index is -3.74. The molecule has 0 aliphatic rings. The van der Waals surface area contributed by atoms with E-state index >= 15 is 0 Å². The average molecular weight is 366 g/mol. The molecule has 2 N–H and O–H groups in total. The number of carboxylic acids is 1. The van der Waals surface area contributed by atoms with Gasteiger partial charge in [-0.05, 0) is 40.5 Å². The van der Waals surface area contributed by atoms with Crippen LogP contribution >= 0.6 is 15.9 Å². The standard InChI is InChI=1S/C12H16BrNO5S/c1-3-9(7-19-2)14-20(17,18)11-5-4-8(12(15)16)6-10(11)13/h4-6,9,14H,3,7H2,1-2H3,(H,15,16). The SMILES string of the molecule is CCC(COC)NS(=O)(=O)c1ccc(C(=O)O)cc1Br. The quantitative estimate of drug-likeness (QED) is 0.768. The molecule has 8 heteroatoms. The minimum Gasteiger partial charge on any atom is -0.478 e. The number of sulfonamides is 1. The molecular weight excluding hydrogens is 350 g/mol. The third-order valence-corrected chi connectivity index (χ3v) is 5.15. The molecule has 0 aromatic heterocycles. The Morgan fingerprint density at radius 1 is 1.50 bits per heavy atom. The second-order valence-electron chi connectivity index (χ2n) is 4.13. The van der Waals surface area contributed by atoms with E-state index < -0.39 is 16.0 Å². The Kier molecular flexibility index (Phi) is 6.12. The predicted octanol–water partition coefficient (Wildman–Crippen LogP) is 1.85. The lowest BCUT2D eigenvalue weighted by atomic mass is 10.2.